The topological polar surface area (TPSA) is 70.2 Å². The van der Waals surface area contributed by atoms with Crippen LogP contribution in [0.2, 0.25) is 0 Å². The Hall–Kier alpha value is -2.41. The zero-order valence-electron chi connectivity index (χ0n) is 12.5. The number of rotatable bonds is 7. The third kappa shape index (κ3) is 6.48. The number of benzene rings is 1. The third-order valence-electron chi connectivity index (χ3n) is 3.05. The van der Waals surface area contributed by atoms with E-state index in [1.807, 2.05) is 17.5 Å². The van der Waals surface area contributed by atoms with Crippen molar-refractivity contribution in [2.75, 3.05) is 13.1 Å². The number of nitrogens with one attached hydrogen (secondary N) is 3. The van der Waals surface area contributed by atoms with Gasteiger partial charge in [0, 0.05) is 18.0 Å². The van der Waals surface area contributed by atoms with Crippen LogP contribution in [0.4, 0.5) is 9.18 Å². The van der Waals surface area contributed by atoms with Gasteiger partial charge in [-0.05, 0) is 35.6 Å². The minimum absolute atomic E-state index is 0.0836. The monoisotopic (exact) mass is 335 g/mol. The van der Waals surface area contributed by atoms with Crippen molar-refractivity contribution >= 4 is 23.3 Å². The molecule has 0 aliphatic rings. The van der Waals surface area contributed by atoms with Gasteiger partial charge in [-0.3, -0.25) is 4.79 Å². The van der Waals surface area contributed by atoms with Gasteiger partial charge in [-0.2, -0.15) is 0 Å². The average Bonchev–Trinajstić information content (AvgIpc) is 3.06. The van der Waals surface area contributed by atoms with E-state index in [2.05, 4.69) is 16.0 Å². The van der Waals surface area contributed by atoms with Crippen LogP contribution < -0.4 is 16.0 Å². The highest BCUT2D eigenvalue weighted by atomic mass is 32.1. The highest BCUT2D eigenvalue weighted by Gasteiger charge is 2.05. The first-order valence-corrected chi connectivity index (χ1v) is 8.06. The Morgan fingerprint density at radius 3 is 2.52 bits per heavy atom. The van der Waals surface area contributed by atoms with Crippen molar-refractivity contribution in [2.45, 2.75) is 13.0 Å². The predicted molar refractivity (Wildman–Crippen MR) is 87.7 cm³/mol. The average molecular weight is 335 g/mol. The predicted octanol–water partition coefficient (Wildman–Crippen LogP) is 2.05. The Morgan fingerprint density at radius 1 is 1.04 bits per heavy atom. The number of hydrogen-bond acceptors (Lipinski definition) is 3. The first-order chi connectivity index (χ1) is 11.1. The number of urea groups is 1. The lowest BCUT2D eigenvalue weighted by molar-refractivity contribution is -0.120. The molecule has 0 radical (unpaired) electrons. The molecule has 7 heteroatoms. The molecule has 3 amide bonds. The summed E-state index contributed by atoms with van der Waals surface area (Å²) in [5.41, 5.74) is 0.780. The Labute approximate surface area is 137 Å². The molecule has 0 bridgehead atoms. The molecule has 3 N–H and O–H groups in total. The largest absolute Gasteiger partial charge is 0.354 e. The van der Waals surface area contributed by atoms with Crippen LogP contribution in [0.5, 0.6) is 0 Å². The normalized spacial score (nSPS) is 10.1. The molecule has 1 aromatic carbocycles. The fraction of sp³-hybridized carbons (Fsp3) is 0.250. The van der Waals surface area contributed by atoms with Gasteiger partial charge in [-0.25, -0.2) is 9.18 Å². The van der Waals surface area contributed by atoms with Crippen LogP contribution in [-0.2, 0) is 17.8 Å². The lowest BCUT2D eigenvalue weighted by Crippen LogP contribution is -2.42. The Kier molecular flexibility index (Phi) is 6.56. The number of hydrogen-bond donors (Lipinski definition) is 3. The molecule has 2 rings (SSSR count). The highest BCUT2D eigenvalue weighted by molar-refractivity contribution is 7.09. The quantitative estimate of drug-likeness (QED) is 0.725. The van der Waals surface area contributed by atoms with Crippen LogP contribution in [0.3, 0.4) is 0 Å². The van der Waals surface area contributed by atoms with Gasteiger partial charge in [0.2, 0.25) is 5.91 Å². The van der Waals surface area contributed by atoms with Gasteiger partial charge in [0.15, 0.2) is 0 Å². The fourth-order valence-corrected chi connectivity index (χ4v) is 2.56. The van der Waals surface area contributed by atoms with Crippen LogP contribution >= 0.6 is 11.3 Å². The van der Waals surface area contributed by atoms with Crippen molar-refractivity contribution in [1.29, 1.82) is 0 Å². The molecule has 0 spiro atoms. The second kappa shape index (κ2) is 8.89. The van der Waals surface area contributed by atoms with Crippen LogP contribution in [-0.4, -0.2) is 25.0 Å². The third-order valence-corrected chi connectivity index (χ3v) is 3.99. The van der Waals surface area contributed by atoms with Crippen LogP contribution in [0, 0.1) is 5.82 Å². The molecule has 0 atom stereocenters. The molecule has 0 saturated heterocycles. The molecule has 1 aromatic heterocycles. The molecule has 0 unspecified atom stereocenters. The van der Waals surface area contributed by atoms with E-state index >= 15 is 0 Å². The Balaban J connectivity index is 1.58. The molecular formula is C16H18FN3O2S. The number of carbonyl (C=O) groups excluding carboxylic acids is 2. The van der Waals surface area contributed by atoms with E-state index in [1.165, 1.54) is 17.0 Å². The van der Waals surface area contributed by atoms with E-state index < -0.39 is 6.03 Å². The van der Waals surface area contributed by atoms with Crippen molar-refractivity contribution in [3.8, 4) is 0 Å². The molecule has 1 heterocycles. The molecule has 122 valence electrons. The maximum atomic E-state index is 12.7. The van der Waals surface area contributed by atoms with E-state index in [4.69, 9.17) is 0 Å². The minimum atomic E-state index is -0.442. The second-order valence-corrected chi connectivity index (χ2v) is 5.87. The summed E-state index contributed by atoms with van der Waals surface area (Å²) in [5.74, 6) is -0.559. The lowest BCUT2D eigenvalue weighted by atomic mass is 10.2. The van der Waals surface area contributed by atoms with Crippen LogP contribution in [0.1, 0.15) is 10.4 Å². The summed E-state index contributed by atoms with van der Waals surface area (Å²) in [6.07, 6.45) is 0.778. The minimum Gasteiger partial charge on any atom is -0.354 e. The molecule has 0 aliphatic carbocycles. The summed E-state index contributed by atoms with van der Waals surface area (Å²) in [7, 11) is 0. The van der Waals surface area contributed by atoms with Crippen molar-refractivity contribution < 1.29 is 14.0 Å². The van der Waals surface area contributed by atoms with Gasteiger partial charge in [0.1, 0.15) is 5.82 Å². The van der Waals surface area contributed by atoms with Crippen LogP contribution in [0.25, 0.3) is 0 Å². The van der Waals surface area contributed by atoms with Crippen molar-refractivity contribution in [2.24, 2.45) is 0 Å². The van der Waals surface area contributed by atoms with Crippen molar-refractivity contribution in [3.63, 3.8) is 0 Å². The number of thiophene rings is 1. The molecule has 0 fully saturated rings. The second-order valence-electron chi connectivity index (χ2n) is 4.84. The van der Waals surface area contributed by atoms with Gasteiger partial charge in [-0.15, -0.1) is 11.3 Å². The summed E-state index contributed by atoms with van der Waals surface area (Å²) in [4.78, 5) is 24.4. The first-order valence-electron chi connectivity index (χ1n) is 7.19. The summed E-state index contributed by atoms with van der Waals surface area (Å²) < 4.78 is 12.7. The Morgan fingerprint density at radius 2 is 1.83 bits per heavy atom. The highest BCUT2D eigenvalue weighted by Crippen LogP contribution is 2.07. The van der Waals surface area contributed by atoms with E-state index in [9.17, 15) is 14.0 Å². The molecule has 5 nitrogen and oxygen atoms in total. The number of carbonyl (C=O) groups is 2. The molecule has 2 aromatic rings. The summed E-state index contributed by atoms with van der Waals surface area (Å²) in [5, 5.41) is 9.81. The summed E-state index contributed by atoms with van der Waals surface area (Å²) in [6.45, 7) is 0.726. The van der Waals surface area contributed by atoms with E-state index in [1.54, 1.807) is 23.5 Å². The first kappa shape index (κ1) is 17.0. The number of amides is 3. The SMILES string of the molecule is O=C(CNC(=O)NCc1ccc(F)cc1)NCCc1cccs1. The van der Waals surface area contributed by atoms with E-state index in [-0.39, 0.29) is 24.8 Å². The fourth-order valence-electron chi connectivity index (χ4n) is 1.85. The van der Waals surface area contributed by atoms with Gasteiger partial charge < -0.3 is 16.0 Å². The van der Waals surface area contributed by atoms with Gasteiger partial charge >= 0.3 is 6.03 Å². The Bertz CT molecular complexity index is 629. The van der Waals surface area contributed by atoms with Gasteiger partial charge in [-0.1, -0.05) is 18.2 Å². The molecule has 23 heavy (non-hydrogen) atoms. The summed E-state index contributed by atoms with van der Waals surface area (Å²) in [6, 6.07) is 9.38. The van der Waals surface area contributed by atoms with Gasteiger partial charge in [0.25, 0.3) is 0 Å². The van der Waals surface area contributed by atoms with Gasteiger partial charge in [0.05, 0.1) is 6.54 Å². The smallest absolute Gasteiger partial charge is 0.315 e. The maximum Gasteiger partial charge on any atom is 0.315 e. The van der Waals surface area contributed by atoms with Crippen LogP contribution in [0.15, 0.2) is 41.8 Å². The lowest BCUT2D eigenvalue weighted by Gasteiger charge is -2.08. The van der Waals surface area contributed by atoms with E-state index in [0.29, 0.717) is 6.54 Å². The van der Waals surface area contributed by atoms with Crippen molar-refractivity contribution in [1.82, 2.24) is 16.0 Å². The maximum absolute atomic E-state index is 12.7. The number of halogens is 1. The zero-order valence-corrected chi connectivity index (χ0v) is 13.3. The zero-order chi connectivity index (χ0) is 16.5. The molecular weight excluding hydrogens is 317 g/mol. The molecule has 0 saturated carbocycles. The van der Waals surface area contributed by atoms with E-state index in [0.717, 1.165) is 12.0 Å². The van der Waals surface area contributed by atoms with Crippen molar-refractivity contribution in [3.05, 3.63) is 58.0 Å². The molecule has 0 aliphatic heterocycles. The summed E-state index contributed by atoms with van der Waals surface area (Å²) >= 11 is 1.64. The standard InChI is InChI=1S/C16H18FN3O2S/c17-13-5-3-12(4-6-13)10-19-16(22)20-11-15(21)18-8-7-14-2-1-9-23-14/h1-6,9H,7-8,10-11H2,(H,18,21)(H2,19,20,22).